The van der Waals surface area contributed by atoms with Crippen LogP contribution in [-0.4, -0.2) is 44.2 Å². The van der Waals surface area contributed by atoms with Gasteiger partial charge in [0.15, 0.2) is 23.0 Å². The number of ether oxygens (including phenoxy) is 4. The highest BCUT2D eigenvalue weighted by molar-refractivity contribution is 5.57. The molecule has 6 heteroatoms. The van der Waals surface area contributed by atoms with Crippen LogP contribution in [-0.2, 0) is 13.0 Å². The predicted molar refractivity (Wildman–Crippen MR) is 98.8 cm³/mol. The molecule has 27 heavy (non-hydrogen) atoms. The first-order valence-electron chi connectivity index (χ1n) is 9.16. The molecule has 2 aliphatic heterocycles. The Kier molecular flexibility index (Phi) is 3.74. The third-order valence-electron chi connectivity index (χ3n) is 6.06. The van der Waals surface area contributed by atoms with Crippen LogP contribution in [0.15, 0.2) is 24.3 Å². The van der Waals surface area contributed by atoms with E-state index in [1.54, 1.807) is 14.2 Å². The van der Waals surface area contributed by atoms with Crippen LogP contribution in [0.3, 0.4) is 0 Å². The summed E-state index contributed by atoms with van der Waals surface area (Å²) in [5.41, 5.74) is 4.55. The Balaban J connectivity index is 1.67. The maximum Gasteiger partial charge on any atom is 0.231 e. The van der Waals surface area contributed by atoms with E-state index < -0.39 is 6.10 Å². The van der Waals surface area contributed by atoms with Crippen molar-refractivity contribution >= 4 is 0 Å². The molecule has 2 aromatic carbocycles. The Hall–Kier alpha value is -2.44. The average molecular weight is 369 g/mol. The van der Waals surface area contributed by atoms with Crippen molar-refractivity contribution in [3.05, 3.63) is 46.5 Å². The smallest absolute Gasteiger partial charge is 0.231 e. The molecule has 0 aromatic heterocycles. The lowest BCUT2D eigenvalue weighted by Crippen LogP contribution is -2.43. The minimum atomic E-state index is -0.484. The molecule has 3 unspecified atom stereocenters. The van der Waals surface area contributed by atoms with Crippen LogP contribution in [0.5, 0.6) is 23.0 Å². The summed E-state index contributed by atoms with van der Waals surface area (Å²) in [6.07, 6.45) is 0.108. The first-order valence-corrected chi connectivity index (χ1v) is 9.16. The summed E-state index contributed by atoms with van der Waals surface area (Å²) >= 11 is 0. The molecule has 2 heterocycles. The second kappa shape index (κ2) is 6.04. The molecule has 142 valence electrons. The van der Waals surface area contributed by atoms with Gasteiger partial charge in [0.05, 0.1) is 20.3 Å². The zero-order chi connectivity index (χ0) is 18.7. The van der Waals surface area contributed by atoms with Crippen molar-refractivity contribution in [3.8, 4) is 23.0 Å². The monoisotopic (exact) mass is 369 g/mol. The fourth-order valence-electron chi connectivity index (χ4n) is 4.93. The SMILES string of the molecule is COc1ccc2c(c1OC)CN(C)C1c3cc4c(cc3CC(O)C21)OCO4. The lowest BCUT2D eigenvalue weighted by Gasteiger charge is -2.46. The summed E-state index contributed by atoms with van der Waals surface area (Å²) in [5, 5.41) is 11.1. The van der Waals surface area contributed by atoms with Gasteiger partial charge in [0.25, 0.3) is 0 Å². The molecule has 0 amide bonds. The number of nitrogens with zero attached hydrogens (tertiary/aromatic N) is 1. The maximum absolute atomic E-state index is 11.1. The van der Waals surface area contributed by atoms with Gasteiger partial charge in [-0.25, -0.2) is 0 Å². The molecule has 3 aliphatic rings. The maximum atomic E-state index is 11.1. The Morgan fingerprint density at radius 3 is 2.59 bits per heavy atom. The standard InChI is InChI=1S/C21H23NO5/c1-22-9-14-12(4-5-16(24-2)21(14)25-3)19-15(23)6-11-7-17-18(27-10-26-17)8-13(11)20(19)22/h4-5,7-8,15,19-20,23H,6,9-10H2,1-3H3. The van der Waals surface area contributed by atoms with E-state index in [2.05, 4.69) is 24.1 Å². The van der Waals surface area contributed by atoms with E-state index in [-0.39, 0.29) is 18.8 Å². The average Bonchev–Trinajstić information content (AvgIpc) is 3.12. The van der Waals surface area contributed by atoms with Gasteiger partial charge in [-0.2, -0.15) is 0 Å². The van der Waals surface area contributed by atoms with Gasteiger partial charge >= 0.3 is 0 Å². The largest absolute Gasteiger partial charge is 0.493 e. The lowest BCUT2D eigenvalue weighted by molar-refractivity contribution is 0.0590. The van der Waals surface area contributed by atoms with Crippen molar-refractivity contribution in [1.82, 2.24) is 4.90 Å². The molecule has 0 saturated heterocycles. The van der Waals surface area contributed by atoms with Crippen LogP contribution in [0.4, 0.5) is 0 Å². The number of hydrogen-bond acceptors (Lipinski definition) is 6. The van der Waals surface area contributed by atoms with Gasteiger partial charge in [0, 0.05) is 24.1 Å². The lowest BCUT2D eigenvalue weighted by atomic mass is 9.70. The third kappa shape index (κ3) is 2.33. The van der Waals surface area contributed by atoms with Crippen molar-refractivity contribution in [2.75, 3.05) is 28.1 Å². The van der Waals surface area contributed by atoms with E-state index in [0.717, 1.165) is 46.2 Å². The molecule has 0 spiro atoms. The highest BCUT2D eigenvalue weighted by Crippen LogP contribution is 2.53. The molecule has 3 atom stereocenters. The quantitative estimate of drug-likeness (QED) is 0.878. The molecule has 0 saturated carbocycles. The number of likely N-dealkylation sites (N-methyl/N-ethyl adjacent to an activating group) is 1. The summed E-state index contributed by atoms with van der Waals surface area (Å²) in [7, 11) is 5.40. The number of benzene rings is 2. The van der Waals surface area contributed by atoms with Gasteiger partial charge in [-0.1, -0.05) is 6.07 Å². The number of aliphatic hydroxyl groups is 1. The molecule has 6 nitrogen and oxygen atoms in total. The fourth-order valence-corrected chi connectivity index (χ4v) is 4.93. The number of hydrogen-bond donors (Lipinski definition) is 1. The van der Waals surface area contributed by atoms with Crippen LogP contribution in [0.25, 0.3) is 0 Å². The van der Waals surface area contributed by atoms with Crippen molar-refractivity contribution in [2.24, 2.45) is 0 Å². The first kappa shape index (κ1) is 16.7. The molecule has 1 aliphatic carbocycles. The van der Waals surface area contributed by atoms with Crippen molar-refractivity contribution in [2.45, 2.75) is 31.0 Å². The van der Waals surface area contributed by atoms with E-state index in [9.17, 15) is 5.11 Å². The Bertz CT molecular complexity index is 912. The first-order chi connectivity index (χ1) is 13.1. The molecular weight excluding hydrogens is 346 g/mol. The van der Waals surface area contributed by atoms with Gasteiger partial charge < -0.3 is 24.1 Å². The van der Waals surface area contributed by atoms with Gasteiger partial charge in [-0.3, -0.25) is 4.90 Å². The minimum Gasteiger partial charge on any atom is -0.493 e. The van der Waals surface area contributed by atoms with Gasteiger partial charge in [-0.15, -0.1) is 0 Å². The van der Waals surface area contributed by atoms with E-state index in [1.165, 1.54) is 5.56 Å². The number of methoxy groups -OCH3 is 2. The Labute approximate surface area is 158 Å². The molecule has 0 bridgehead atoms. The molecule has 0 fully saturated rings. The van der Waals surface area contributed by atoms with Crippen LogP contribution in [0, 0.1) is 0 Å². The molecular formula is C21H23NO5. The zero-order valence-electron chi connectivity index (χ0n) is 15.7. The summed E-state index contributed by atoms with van der Waals surface area (Å²) in [5.74, 6) is 2.99. The third-order valence-corrected chi connectivity index (χ3v) is 6.06. The minimum absolute atomic E-state index is 0.0357. The second-order valence-corrected chi connectivity index (χ2v) is 7.43. The fraction of sp³-hybridized carbons (Fsp3) is 0.429. The Morgan fingerprint density at radius 2 is 1.85 bits per heavy atom. The zero-order valence-corrected chi connectivity index (χ0v) is 15.7. The number of aliphatic hydroxyl groups excluding tert-OH is 1. The molecule has 5 rings (SSSR count). The van der Waals surface area contributed by atoms with E-state index in [0.29, 0.717) is 6.42 Å². The summed E-state index contributed by atoms with van der Waals surface area (Å²) in [6, 6.07) is 8.19. The molecule has 0 radical (unpaired) electrons. The van der Waals surface area contributed by atoms with E-state index in [4.69, 9.17) is 18.9 Å². The highest BCUT2D eigenvalue weighted by atomic mass is 16.7. The number of fused-ring (bicyclic) bond motifs is 6. The summed E-state index contributed by atoms with van der Waals surface area (Å²) in [4.78, 5) is 2.28. The summed E-state index contributed by atoms with van der Waals surface area (Å²) < 4.78 is 22.3. The van der Waals surface area contributed by atoms with E-state index in [1.807, 2.05) is 12.1 Å². The normalized spacial score (nSPS) is 25.4. The van der Waals surface area contributed by atoms with Gasteiger partial charge in [-0.05, 0) is 48.4 Å². The van der Waals surface area contributed by atoms with Crippen LogP contribution < -0.4 is 18.9 Å². The molecule has 1 N–H and O–H groups in total. The van der Waals surface area contributed by atoms with Crippen molar-refractivity contribution in [1.29, 1.82) is 0 Å². The topological polar surface area (TPSA) is 60.4 Å². The second-order valence-electron chi connectivity index (χ2n) is 7.43. The van der Waals surface area contributed by atoms with Gasteiger partial charge in [0.2, 0.25) is 6.79 Å². The number of rotatable bonds is 2. The molecule has 2 aromatic rings. The summed E-state index contributed by atoms with van der Waals surface area (Å²) in [6.45, 7) is 0.974. The van der Waals surface area contributed by atoms with Crippen LogP contribution >= 0.6 is 0 Å². The Morgan fingerprint density at radius 1 is 1.07 bits per heavy atom. The van der Waals surface area contributed by atoms with Crippen molar-refractivity contribution < 1.29 is 24.1 Å². The van der Waals surface area contributed by atoms with Crippen LogP contribution in [0.1, 0.15) is 34.2 Å². The van der Waals surface area contributed by atoms with Gasteiger partial charge in [0.1, 0.15) is 0 Å². The van der Waals surface area contributed by atoms with Crippen LogP contribution in [0.2, 0.25) is 0 Å². The van der Waals surface area contributed by atoms with E-state index >= 15 is 0 Å². The predicted octanol–water partition coefficient (Wildman–Crippen LogP) is 2.62. The highest BCUT2D eigenvalue weighted by Gasteiger charge is 2.44. The van der Waals surface area contributed by atoms with Crippen molar-refractivity contribution in [3.63, 3.8) is 0 Å².